The number of nitrogens with zero attached hydrogens (tertiary/aromatic N) is 1. The molecule has 1 amide bonds. The number of carbonyl (C=O) groups excluding carboxylic acids is 1. The molecule has 1 aliphatic rings. The monoisotopic (exact) mass is 187 g/mol. The van der Waals surface area contributed by atoms with Crippen molar-refractivity contribution in [3.63, 3.8) is 0 Å². The number of piperazine rings is 1. The van der Waals surface area contributed by atoms with Crippen molar-refractivity contribution in [2.24, 2.45) is 5.73 Å². The summed E-state index contributed by atoms with van der Waals surface area (Å²) in [7, 11) is 0. The van der Waals surface area contributed by atoms with Crippen molar-refractivity contribution in [1.82, 2.24) is 10.2 Å². The molecule has 1 aliphatic heterocycles. The number of nitrogens with two attached hydrogens (primary N) is 1. The van der Waals surface area contributed by atoms with E-state index in [0.29, 0.717) is 19.5 Å². The predicted octanol–water partition coefficient (Wildman–Crippen LogP) is -1.87. The highest BCUT2D eigenvalue weighted by Crippen LogP contribution is 2.00. The lowest BCUT2D eigenvalue weighted by Crippen LogP contribution is -2.54. The van der Waals surface area contributed by atoms with Crippen LogP contribution >= 0.6 is 0 Å². The van der Waals surface area contributed by atoms with E-state index in [0.717, 1.165) is 13.1 Å². The second-order valence-electron chi connectivity index (χ2n) is 3.21. The zero-order valence-electron chi connectivity index (χ0n) is 7.70. The van der Waals surface area contributed by atoms with E-state index in [-0.39, 0.29) is 18.6 Å². The molecule has 0 aromatic heterocycles. The van der Waals surface area contributed by atoms with Crippen LogP contribution in [0.4, 0.5) is 0 Å². The molecular weight excluding hydrogens is 170 g/mol. The van der Waals surface area contributed by atoms with E-state index in [4.69, 9.17) is 10.8 Å². The second-order valence-corrected chi connectivity index (χ2v) is 3.21. The molecule has 0 radical (unpaired) electrons. The molecule has 1 atom stereocenters. The van der Waals surface area contributed by atoms with Gasteiger partial charge in [-0.2, -0.15) is 0 Å². The molecule has 0 saturated carbocycles. The fourth-order valence-corrected chi connectivity index (χ4v) is 1.46. The van der Waals surface area contributed by atoms with Crippen LogP contribution in [0.15, 0.2) is 0 Å². The second kappa shape index (κ2) is 5.16. The highest BCUT2D eigenvalue weighted by Gasteiger charge is 2.21. The van der Waals surface area contributed by atoms with Gasteiger partial charge in [-0.05, 0) is 0 Å². The van der Waals surface area contributed by atoms with Crippen molar-refractivity contribution < 1.29 is 9.90 Å². The molecule has 4 N–H and O–H groups in total. The van der Waals surface area contributed by atoms with E-state index in [1.165, 1.54) is 0 Å². The molecule has 1 heterocycles. The number of aliphatic hydroxyl groups is 1. The summed E-state index contributed by atoms with van der Waals surface area (Å²) in [5.74, 6) is 0.0856. The van der Waals surface area contributed by atoms with Crippen LogP contribution in [0, 0.1) is 0 Å². The van der Waals surface area contributed by atoms with E-state index in [1.54, 1.807) is 4.90 Å². The summed E-state index contributed by atoms with van der Waals surface area (Å²) in [6.07, 6.45) is 0.401. The zero-order chi connectivity index (χ0) is 9.68. The van der Waals surface area contributed by atoms with Crippen molar-refractivity contribution in [3.8, 4) is 0 Å². The average molecular weight is 187 g/mol. The molecule has 1 rings (SSSR count). The van der Waals surface area contributed by atoms with Gasteiger partial charge >= 0.3 is 0 Å². The van der Waals surface area contributed by atoms with Gasteiger partial charge in [-0.15, -0.1) is 0 Å². The van der Waals surface area contributed by atoms with E-state index < -0.39 is 0 Å². The van der Waals surface area contributed by atoms with E-state index in [9.17, 15) is 4.79 Å². The lowest BCUT2D eigenvalue weighted by Gasteiger charge is -2.32. The number of carbonyl (C=O) groups is 1. The Morgan fingerprint density at radius 3 is 3.08 bits per heavy atom. The van der Waals surface area contributed by atoms with Gasteiger partial charge in [-0.1, -0.05) is 0 Å². The summed E-state index contributed by atoms with van der Waals surface area (Å²) < 4.78 is 0. The van der Waals surface area contributed by atoms with Gasteiger partial charge in [0.2, 0.25) is 5.91 Å². The van der Waals surface area contributed by atoms with Crippen LogP contribution in [-0.4, -0.2) is 54.7 Å². The Morgan fingerprint density at radius 2 is 2.46 bits per heavy atom. The molecule has 0 spiro atoms. The van der Waals surface area contributed by atoms with Crippen molar-refractivity contribution in [3.05, 3.63) is 0 Å². The first-order chi connectivity index (χ1) is 6.27. The van der Waals surface area contributed by atoms with Gasteiger partial charge in [-0.25, -0.2) is 0 Å². The van der Waals surface area contributed by atoms with Gasteiger partial charge in [0.25, 0.3) is 0 Å². The molecule has 1 fully saturated rings. The highest BCUT2D eigenvalue weighted by atomic mass is 16.3. The minimum absolute atomic E-state index is 0.0236. The molecule has 5 nitrogen and oxygen atoms in total. The Hall–Kier alpha value is -0.650. The molecular formula is C8H17N3O2. The molecule has 1 saturated heterocycles. The first-order valence-corrected chi connectivity index (χ1v) is 4.60. The van der Waals surface area contributed by atoms with Gasteiger partial charge in [0, 0.05) is 38.6 Å². The molecule has 5 heteroatoms. The standard InChI is InChI=1S/C8H17N3O2/c9-2-1-8(13)11-4-3-10-7(5-11)6-12/h7,10,12H,1-6,9H2/t7-/m0/s1. The number of hydrogen-bond acceptors (Lipinski definition) is 4. The Bertz CT molecular complexity index is 175. The van der Waals surface area contributed by atoms with Crippen LogP contribution in [0.1, 0.15) is 6.42 Å². The lowest BCUT2D eigenvalue weighted by atomic mass is 10.2. The van der Waals surface area contributed by atoms with Crippen molar-refractivity contribution in [2.45, 2.75) is 12.5 Å². The van der Waals surface area contributed by atoms with Crippen molar-refractivity contribution >= 4 is 5.91 Å². The van der Waals surface area contributed by atoms with Gasteiger partial charge in [0.15, 0.2) is 0 Å². The van der Waals surface area contributed by atoms with Crippen LogP contribution in [0.3, 0.4) is 0 Å². The third-order valence-corrected chi connectivity index (χ3v) is 2.19. The number of nitrogens with one attached hydrogen (secondary N) is 1. The first-order valence-electron chi connectivity index (χ1n) is 4.60. The SMILES string of the molecule is NCCC(=O)N1CCN[C@H](CO)C1. The normalized spacial score (nSPS) is 23.2. The van der Waals surface area contributed by atoms with Gasteiger partial charge < -0.3 is 21.1 Å². The molecule has 13 heavy (non-hydrogen) atoms. The van der Waals surface area contributed by atoms with Crippen LogP contribution < -0.4 is 11.1 Å². The Balaban J connectivity index is 2.37. The minimum atomic E-state index is 0.0236. The maximum atomic E-state index is 11.4. The summed E-state index contributed by atoms with van der Waals surface area (Å²) in [4.78, 5) is 13.2. The first kappa shape index (κ1) is 10.4. The fraction of sp³-hybridized carbons (Fsp3) is 0.875. The van der Waals surface area contributed by atoms with Crippen LogP contribution in [0.25, 0.3) is 0 Å². The molecule has 0 aromatic carbocycles. The van der Waals surface area contributed by atoms with Crippen LogP contribution in [-0.2, 0) is 4.79 Å². The van der Waals surface area contributed by atoms with Crippen LogP contribution in [0.5, 0.6) is 0 Å². The Labute approximate surface area is 77.9 Å². The largest absolute Gasteiger partial charge is 0.395 e. The van der Waals surface area contributed by atoms with E-state index in [2.05, 4.69) is 5.32 Å². The quantitative estimate of drug-likeness (QED) is 0.483. The molecule has 0 aromatic rings. The molecule has 0 aliphatic carbocycles. The highest BCUT2D eigenvalue weighted by molar-refractivity contribution is 5.76. The van der Waals surface area contributed by atoms with Gasteiger partial charge in [0.1, 0.15) is 0 Å². The van der Waals surface area contributed by atoms with Crippen LogP contribution in [0.2, 0.25) is 0 Å². The third-order valence-electron chi connectivity index (χ3n) is 2.19. The maximum Gasteiger partial charge on any atom is 0.223 e. The minimum Gasteiger partial charge on any atom is -0.395 e. The molecule has 0 bridgehead atoms. The van der Waals surface area contributed by atoms with E-state index >= 15 is 0 Å². The summed E-state index contributed by atoms with van der Waals surface area (Å²) in [6.45, 7) is 2.53. The molecule has 76 valence electrons. The summed E-state index contributed by atoms with van der Waals surface area (Å²) in [5.41, 5.74) is 5.29. The number of hydrogen-bond donors (Lipinski definition) is 3. The summed E-state index contributed by atoms with van der Waals surface area (Å²) >= 11 is 0. The third kappa shape index (κ3) is 2.95. The smallest absolute Gasteiger partial charge is 0.223 e. The Morgan fingerprint density at radius 1 is 1.69 bits per heavy atom. The zero-order valence-corrected chi connectivity index (χ0v) is 7.70. The fourth-order valence-electron chi connectivity index (χ4n) is 1.46. The lowest BCUT2D eigenvalue weighted by molar-refractivity contribution is -0.132. The number of aliphatic hydroxyl groups excluding tert-OH is 1. The number of rotatable bonds is 3. The summed E-state index contributed by atoms with van der Waals surface area (Å²) in [6, 6.07) is 0.0236. The van der Waals surface area contributed by atoms with Gasteiger partial charge in [-0.3, -0.25) is 4.79 Å². The maximum absolute atomic E-state index is 11.4. The van der Waals surface area contributed by atoms with Crippen molar-refractivity contribution in [1.29, 1.82) is 0 Å². The van der Waals surface area contributed by atoms with Crippen molar-refractivity contribution in [2.75, 3.05) is 32.8 Å². The predicted molar refractivity (Wildman–Crippen MR) is 49.1 cm³/mol. The van der Waals surface area contributed by atoms with E-state index in [1.807, 2.05) is 0 Å². The average Bonchev–Trinajstić information content (AvgIpc) is 2.18. The number of amides is 1. The summed E-state index contributed by atoms with van der Waals surface area (Å²) in [5, 5.41) is 12.0. The topological polar surface area (TPSA) is 78.6 Å². The molecule has 0 unspecified atom stereocenters. The van der Waals surface area contributed by atoms with Gasteiger partial charge in [0.05, 0.1) is 6.61 Å². The Kier molecular flexibility index (Phi) is 4.14.